The molecule has 1 saturated heterocycles. The highest BCUT2D eigenvalue weighted by Crippen LogP contribution is 2.60. The first kappa shape index (κ1) is 29.1. The van der Waals surface area contributed by atoms with E-state index in [0.717, 1.165) is 87.3 Å². The third kappa shape index (κ3) is 6.75. The SMILES string of the molecule is CC(C)N1CCN(CCn2ncc3c(NC(=O)C45CC6CC(CC(C6)C4)C5)ncnc32)CC1.O=C(O)/C=C\C(=O)O. The van der Waals surface area contributed by atoms with Gasteiger partial charge in [-0.2, -0.15) is 5.10 Å². The summed E-state index contributed by atoms with van der Waals surface area (Å²) in [6, 6.07) is 0.617. The van der Waals surface area contributed by atoms with Crippen molar-refractivity contribution in [3.63, 3.8) is 0 Å². The first-order valence-corrected chi connectivity index (χ1v) is 14.7. The van der Waals surface area contributed by atoms with E-state index in [-0.39, 0.29) is 11.3 Å². The quantitative estimate of drug-likeness (QED) is 0.406. The van der Waals surface area contributed by atoms with Crippen LogP contribution >= 0.6 is 0 Å². The van der Waals surface area contributed by atoms with E-state index in [1.165, 1.54) is 19.3 Å². The van der Waals surface area contributed by atoms with E-state index in [1.807, 2.05) is 10.9 Å². The van der Waals surface area contributed by atoms with Crippen molar-refractivity contribution < 1.29 is 24.6 Å². The van der Waals surface area contributed by atoms with E-state index in [9.17, 15) is 14.4 Å². The molecule has 12 heteroatoms. The summed E-state index contributed by atoms with van der Waals surface area (Å²) in [4.78, 5) is 46.6. The number of hydrogen-bond acceptors (Lipinski definition) is 8. The monoisotopic (exact) mass is 567 g/mol. The number of anilines is 1. The van der Waals surface area contributed by atoms with Gasteiger partial charge in [0.05, 0.1) is 23.5 Å². The lowest BCUT2D eigenvalue weighted by atomic mass is 9.49. The first-order valence-electron chi connectivity index (χ1n) is 14.7. The Hall–Kier alpha value is -3.38. The second kappa shape index (κ2) is 12.2. The standard InChI is InChI=1S/C25H37N7O.C4H4O4/c1-17(2)31-6-3-30(4-7-31)5-8-32-23-21(15-28-32)22(26-16-27-23)29-24(33)25-12-18-9-19(13-25)11-20(10-18)14-25;5-3(6)1-2-4(7)8/h15-20H,3-14H2,1-2H3,(H,26,27,29,33);1-2H,(H,5,6)(H,7,8)/b;2-1-. The van der Waals surface area contributed by atoms with Crippen molar-refractivity contribution in [2.24, 2.45) is 23.2 Å². The summed E-state index contributed by atoms with van der Waals surface area (Å²) in [5.74, 6) is 0.530. The smallest absolute Gasteiger partial charge is 0.328 e. The maximum atomic E-state index is 13.5. The zero-order chi connectivity index (χ0) is 29.1. The molecular formula is C29H41N7O5. The van der Waals surface area contributed by atoms with E-state index in [0.29, 0.717) is 24.0 Å². The van der Waals surface area contributed by atoms with Gasteiger partial charge in [-0.15, -0.1) is 0 Å². The number of carboxylic acid groups (broad SMARTS) is 2. The Balaban J connectivity index is 0.000000372. The highest BCUT2D eigenvalue weighted by molar-refractivity contribution is 6.01. The third-order valence-corrected chi connectivity index (χ3v) is 9.32. The number of carbonyl (C=O) groups is 3. The van der Waals surface area contributed by atoms with Crippen molar-refractivity contribution >= 4 is 34.7 Å². The van der Waals surface area contributed by atoms with Crippen LogP contribution in [0, 0.1) is 23.2 Å². The molecule has 0 unspecified atom stereocenters. The van der Waals surface area contributed by atoms with Gasteiger partial charge in [0.2, 0.25) is 5.91 Å². The average Bonchev–Trinajstić information content (AvgIpc) is 3.34. The topological polar surface area (TPSA) is 154 Å². The van der Waals surface area contributed by atoms with Gasteiger partial charge in [0.15, 0.2) is 5.65 Å². The van der Waals surface area contributed by atoms with E-state index >= 15 is 0 Å². The molecule has 2 aromatic rings. The van der Waals surface area contributed by atoms with Gasteiger partial charge in [-0.25, -0.2) is 24.2 Å². The van der Waals surface area contributed by atoms with Gasteiger partial charge in [-0.05, 0) is 70.1 Å². The summed E-state index contributed by atoms with van der Waals surface area (Å²) in [7, 11) is 0. The zero-order valence-electron chi connectivity index (χ0n) is 23.9. The van der Waals surface area contributed by atoms with Gasteiger partial charge in [0.25, 0.3) is 0 Å². The summed E-state index contributed by atoms with van der Waals surface area (Å²) >= 11 is 0. The second-order valence-corrected chi connectivity index (χ2v) is 12.5. The Morgan fingerprint density at radius 3 is 2.07 bits per heavy atom. The number of piperazine rings is 1. The van der Waals surface area contributed by atoms with Gasteiger partial charge in [-0.3, -0.25) is 14.6 Å². The number of aromatic nitrogens is 4. The summed E-state index contributed by atoms with van der Waals surface area (Å²) < 4.78 is 1.96. The molecule has 5 fully saturated rings. The van der Waals surface area contributed by atoms with E-state index in [4.69, 9.17) is 10.2 Å². The number of aliphatic carboxylic acids is 2. The van der Waals surface area contributed by atoms with Gasteiger partial charge >= 0.3 is 11.9 Å². The number of carboxylic acids is 2. The molecule has 0 atom stereocenters. The fraction of sp³-hybridized carbons (Fsp3) is 0.655. The predicted octanol–water partition coefficient (Wildman–Crippen LogP) is 2.72. The molecule has 222 valence electrons. The molecule has 4 bridgehead atoms. The molecule has 7 rings (SSSR count). The normalized spacial score (nSPS) is 27.7. The molecule has 4 saturated carbocycles. The Bertz CT molecular complexity index is 1250. The predicted molar refractivity (Wildman–Crippen MR) is 152 cm³/mol. The minimum Gasteiger partial charge on any atom is -0.478 e. The van der Waals surface area contributed by atoms with Gasteiger partial charge < -0.3 is 15.5 Å². The molecule has 41 heavy (non-hydrogen) atoms. The summed E-state index contributed by atoms with van der Waals surface area (Å²) in [6.45, 7) is 10.7. The van der Waals surface area contributed by atoms with E-state index < -0.39 is 11.9 Å². The highest BCUT2D eigenvalue weighted by Gasteiger charge is 2.54. The van der Waals surface area contributed by atoms with Crippen molar-refractivity contribution in [3.05, 3.63) is 24.7 Å². The highest BCUT2D eigenvalue weighted by atomic mass is 16.4. The van der Waals surface area contributed by atoms with E-state index in [1.54, 1.807) is 6.33 Å². The Labute approximate surface area is 239 Å². The molecule has 2 aromatic heterocycles. The lowest BCUT2D eigenvalue weighted by Gasteiger charge is -2.55. The molecule has 3 heterocycles. The molecule has 0 radical (unpaired) electrons. The molecule has 12 nitrogen and oxygen atoms in total. The molecule has 4 aliphatic carbocycles. The van der Waals surface area contributed by atoms with Crippen molar-refractivity contribution in [3.8, 4) is 0 Å². The van der Waals surface area contributed by atoms with Crippen molar-refractivity contribution in [2.75, 3.05) is 38.0 Å². The molecular weight excluding hydrogens is 526 g/mol. The number of amides is 1. The second-order valence-electron chi connectivity index (χ2n) is 12.5. The minimum absolute atomic E-state index is 0.178. The third-order valence-electron chi connectivity index (χ3n) is 9.32. The molecule has 3 N–H and O–H groups in total. The van der Waals surface area contributed by atoms with Crippen LogP contribution in [-0.2, 0) is 20.9 Å². The number of fused-ring (bicyclic) bond motifs is 1. The Morgan fingerprint density at radius 2 is 1.54 bits per heavy atom. The van der Waals surface area contributed by atoms with E-state index in [2.05, 4.69) is 44.0 Å². The Kier molecular flexibility index (Phi) is 8.69. The number of carbonyl (C=O) groups excluding carboxylic acids is 1. The number of hydrogen-bond donors (Lipinski definition) is 3. The molecule has 0 aromatic carbocycles. The summed E-state index contributed by atoms with van der Waals surface area (Å²) in [5.41, 5.74) is 0.631. The largest absolute Gasteiger partial charge is 0.478 e. The fourth-order valence-corrected chi connectivity index (χ4v) is 7.67. The van der Waals surface area contributed by atoms with Crippen LogP contribution < -0.4 is 5.32 Å². The van der Waals surface area contributed by atoms with Crippen LogP contribution in [0.4, 0.5) is 5.82 Å². The summed E-state index contributed by atoms with van der Waals surface area (Å²) in [6.07, 6.45) is 11.7. The van der Waals surface area contributed by atoms with Gasteiger partial charge in [0, 0.05) is 50.9 Å². The molecule has 1 amide bonds. The Morgan fingerprint density at radius 1 is 0.951 bits per heavy atom. The van der Waals surface area contributed by atoms with Crippen LogP contribution in [0.15, 0.2) is 24.7 Å². The molecule has 5 aliphatic rings. The molecule has 1 aliphatic heterocycles. The zero-order valence-corrected chi connectivity index (χ0v) is 23.9. The first-order chi connectivity index (χ1) is 19.6. The minimum atomic E-state index is -1.26. The number of nitrogens with one attached hydrogen (secondary N) is 1. The van der Waals surface area contributed by atoms with Gasteiger partial charge in [-0.1, -0.05) is 0 Å². The number of nitrogens with zero attached hydrogens (tertiary/aromatic N) is 6. The van der Waals surface area contributed by atoms with Crippen LogP contribution in [0.25, 0.3) is 11.0 Å². The summed E-state index contributed by atoms with van der Waals surface area (Å²) in [5, 5.41) is 24.3. The fourth-order valence-electron chi connectivity index (χ4n) is 7.67. The number of rotatable bonds is 8. The van der Waals surface area contributed by atoms with Crippen LogP contribution in [0.3, 0.4) is 0 Å². The van der Waals surface area contributed by atoms with Crippen molar-refractivity contribution in [2.45, 2.75) is 65.0 Å². The van der Waals surface area contributed by atoms with Crippen LogP contribution in [0.5, 0.6) is 0 Å². The van der Waals surface area contributed by atoms with Crippen LogP contribution in [0.2, 0.25) is 0 Å². The van der Waals surface area contributed by atoms with Crippen molar-refractivity contribution in [1.82, 2.24) is 29.5 Å². The van der Waals surface area contributed by atoms with Gasteiger partial charge in [0.1, 0.15) is 12.1 Å². The maximum absolute atomic E-state index is 13.5. The lowest BCUT2D eigenvalue weighted by Crippen LogP contribution is -2.51. The lowest BCUT2D eigenvalue weighted by molar-refractivity contribution is -0.140. The van der Waals surface area contributed by atoms with Crippen LogP contribution in [-0.4, -0.2) is 96.4 Å². The maximum Gasteiger partial charge on any atom is 0.328 e. The molecule has 0 spiro atoms. The van der Waals surface area contributed by atoms with Crippen LogP contribution in [0.1, 0.15) is 52.4 Å². The average molecular weight is 568 g/mol. The van der Waals surface area contributed by atoms with Crippen molar-refractivity contribution in [1.29, 1.82) is 0 Å².